The van der Waals surface area contributed by atoms with Crippen LogP contribution in [0.1, 0.15) is 29.8 Å². The van der Waals surface area contributed by atoms with Gasteiger partial charge in [0.15, 0.2) is 5.84 Å². The van der Waals surface area contributed by atoms with Gasteiger partial charge < -0.3 is 16.3 Å². The zero-order valence-corrected chi connectivity index (χ0v) is 10.1. The maximum atomic E-state index is 11.9. The molecule has 92 valence electrons. The first-order valence-electron chi connectivity index (χ1n) is 5.09. The van der Waals surface area contributed by atoms with Gasteiger partial charge in [0.1, 0.15) is 0 Å². The highest BCUT2D eigenvalue weighted by Gasteiger charge is 2.26. The lowest BCUT2D eigenvalue weighted by Gasteiger charge is -2.24. The third-order valence-electron chi connectivity index (χ3n) is 2.31. The summed E-state index contributed by atoms with van der Waals surface area (Å²) in [4.78, 5) is 15.8. The second-order valence-corrected chi connectivity index (χ2v) is 4.32. The van der Waals surface area contributed by atoms with Crippen molar-refractivity contribution in [3.05, 3.63) is 29.6 Å². The molecule has 1 aromatic heterocycles. The van der Waals surface area contributed by atoms with E-state index in [0.717, 1.165) is 5.56 Å². The fourth-order valence-corrected chi connectivity index (χ4v) is 1.22. The van der Waals surface area contributed by atoms with Gasteiger partial charge in [0.2, 0.25) is 0 Å². The third-order valence-corrected chi connectivity index (χ3v) is 2.31. The molecule has 0 radical (unpaired) electrons. The molecule has 0 unspecified atom stereocenters. The second kappa shape index (κ2) is 4.82. The molecule has 0 aliphatic carbocycles. The van der Waals surface area contributed by atoms with Gasteiger partial charge in [-0.2, -0.15) is 0 Å². The maximum absolute atomic E-state index is 11.9. The first kappa shape index (κ1) is 13.0. The highest BCUT2D eigenvalue weighted by Crippen LogP contribution is 2.06. The largest absolute Gasteiger partial charge is 0.409 e. The Morgan fingerprint density at radius 3 is 2.71 bits per heavy atom. The van der Waals surface area contributed by atoms with Crippen LogP contribution in [0, 0.1) is 6.92 Å². The molecule has 1 aromatic rings. The average Bonchev–Trinajstić information content (AvgIpc) is 2.27. The summed E-state index contributed by atoms with van der Waals surface area (Å²) < 4.78 is 0. The van der Waals surface area contributed by atoms with Crippen LogP contribution in [0.4, 0.5) is 0 Å². The standard InChI is InChI=1S/C11H16N4O2/c1-7-4-8(6-13-5-7)9(16)14-11(2,3)10(12)15-17/h4-6,17H,1-3H3,(H2,12,15)(H,14,16). The van der Waals surface area contributed by atoms with Crippen molar-refractivity contribution in [3.8, 4) is 0 Å². The molecule has 6 nitrogen and oxygen atoms in total. The second-order valence-electron chi connectivity index (χ2n) is 4.32. The molecular formula is C11H16N4O2. The summed E-state index contributed by atoms with van der Waals surface area (Å²) in [6.45, 7) is 5.13. The fraction of sp³-hybridized carbons (Fsp3) is 0.364. The summed E-state index contributed by atoms with van der Waals surface area (Å²) in [5.41, 5.74) is 5.88. The van der Waals surface area contributed by atoms with Crippen molar-refractivity contribution < 1.29 is 10.0 Å². The van der Waals surface area contributed by atoms with E-state index in [9.17, 15) is 4.79 Å². The molecule has 1 rings (SSSR count). The number of aryl methyl sites for hydroxylation is 1. The summed E-state index contributed by atoms with van der Waals surface area (Å²) >= 11 is 0. The van der Waals surface area contributed by atoms with Crippen LogP contribution in [0.3, 0.4) is 0 Å². The van der Waals surface area contributed by atoms with Crippen LogP contribution in [0.2, 0.25) is 0 Å². The van der Waals surface area contributed by atoms with Crippen LogP contribution in [0.25, 0.3) is 0 Å². The molecule has 0 aromatic carbocycles. The summed E-state index contributed by atoms with van der Waals surface area (Å²) in [7, 11) is 0. The van der Waals surface area contributed by atoms with Crippen LogP contribution >= 0.6 is 0 Å². The number of carbonyl (C=O) groups excluding carboxylic acids is 1. The molecule has 1 heterocycles. The van der Waals surface area contributed by atoms with Gasteiger partial charge in [-0.1, -0.05) is 5.16 Å². The summed E-state index contributed by atoms with van der Waals surface area (Å²) in [6.07, 6.45) is 3.12. The third kappa shape index (κ3) is 3.17. The van der Waals surface area contributed by atoms with Crippen molar-refractivity contribution >= 4 is 11.7 Å². The normalized spacial score (nSPS) is 12.3. The molecule has 17 heavy (non-hydrogen) atoms. The van der Waals surface area contributed by atoms with Crippen LogP contribution in [-0.2, 0) is 0 Å². The van der Waals surface area contributed by atoms with E-state index < -0.39 is 5.54 Å². The Bertz CT molecular complexity index is 455. The van der Waals surface area contributed by atoms with E-state index in [0.29, 0.717) is 5.56 Å². The Morgan fingerprint density at radius 2 is 2.18 bits per heavy atom. The highest BCUT2D eigenvalue weighted by atomic mass is 16.4. The number of amidine groups is 1. The number of oxime groups is 1. The predicted octanol–water partition coefficient (Wildman–Crippen LogP) is 0.645. The number of hydrogen-bond donors (Lipinski definition) is 3. The van der Waals surface area contributed by atoms with Crippen molar-refractivity contribution in [1.82, 2.24) is 10.3 Å². The molecule has 1 amide bonds. The molecule has 0 fully saturated rings. The zero-order chi connectivity index (χ0) is 13.1. The zero-order valence-electron chi connectivity index (χ0n) is 10.1. The minimum Gasteiger partial charge on any atom is -0.409 e. The average molecular weight is 236 g/mol. The molecule has 0 aliphatic heterocycles. The number of carbonyl (C=O) groups is 1. The lowest BCUT2D eigenvalue weighted by molar-refractivity contribution is 0.0930. The van der Waals surface area contributed by atoms with Gasteiger partial charge in [0, 0.05) is 12.4 Å². The minimum atomic E-state index is -0.921. The summed E-state index contributed by atoms with van der Waals surface area (Å²) in [6, 6.07) is 1.71. The summed E-state index contributed by atoms with van der Waals surface area (Å²) in [5, 5.41) is 14.1. The first-order chi connectivity index (χ1) is 7.86. The van der Waals surface area contributed by atoms with E-state index in [1.807, 2.05) is 6.92 Å². The van der Waals surface area contributed by atoms with Gasteiger partial charge in [-0.05, 0) is 32.4 Å². The van der Waals surface area contributed by atoms with Gasteiger partial charge in [0.25, 0.3) is 5.91 Å². The van der Waals surface area contributed by atoms with Crippen molar-refractivity contribution in [2.45, 2.75) is 26.3 Å². The first-order valence-corrected chi connectivity index (χ1v) is 5.09. The van der Waals surface area contributed by atoms with Gasteiger partial charge in [-0.15, -0.1) is 0 Å². The smallest absolute Gasteiger partial charge is 0.253 e. The van der Waals surface area contributed by atoms with Crippen LogP contribution < -0.4 is 11.1 Å². The van der Waals surface area contributed by atoms with Gasteiger partial charge in [0.05, 0.1) is 11.1 Å². The molecule has 0 aliphatic rings. The number of amides is 1. The molecule has 0 bridgehead atoms. The Balaban J connectivity index is 2.87. The van der Waals surface area contributed by atoms with E-state index in [-0.39, 0.29) is 11.7 Å². The number of nitrogens with zero attached hydrogens (tertiary/aromatic N) is 2. The predicted molar refractivity (Wildman–Crippen MR) is 63.9 cm³/mol. The van der Waals surface area contributed by atoms with Crippen molar-refractivity contribution in [2.24, 2.45) is 10.9 Å². The minimum absolute atomic E-state index is 0.0635. The molecule has 0 saturated carbocycles. The van der Waals surface area contributed by atoms with E-state index >= 15 is 0 Å². The van der Waals surface area contributed by atoms with Crippen LogP contribution in [0.15, 0.2) is 23.6 Å². The van der Waals surface area contributed by atoms with Gasteiger partial charge in [-0.25, -0.2) is 0 Å². The van der Waals surface area contributed by atoms with E-state index in [1.54, 1.807) is 26.1 Å². The summed E-state index contributed by atoms with van der Waals surface area (Å²) in [5.74, 6) is -0.385. The van der Waals surface area contributed by atoms with Crippen LogP contribution in [-0.4, -0.2) is 27.5 Å². The number of nitrogens with one attached hydrogen (secondary N) is 1. The van der Waals surface area contributed by atoms with E-state index in [2.05, 4.69) is 15.5 Å². The van der Waals surface area contributed by atoms with Crippen molar-refractivity contribution in [2.75, 3.05) is 0 Å². The molecular weight excluding hydrogens is 220 g/mol. The number of rotatable bonds is 3. The quantitative estimate of drug-likeness (QED) is 0.310. The van der Waals surface area contributed by atoms with Crippen molar-refractivity contribution in [1.29, 1.82) is 0 Å². The number of hydrogen-bond acceptors (Lipinski definition) is 4. The highest BCUT2D eigenvalue weighted by molar-refractivity contribution is 5.99. The van der Waals surface area contributed by atoms with Gasteiger partial charge >= 0.3 is 0 Å². The SMILES string of the molecule is Cc1cncc(C(=O)NC(C)(C)C(N)=NO)c1. The molecule has 4 N–H and O–H groups in total. The topological polar surface area (TPSA) is 101 Å². The number of nitrogens with two attached hydrogens (primary N) is 1. The lowest BCUT2D eigenvalue weighted by Crippen LogP contribution is -2.53. The van der Waals surface area contributed by atoms with Crippen molar-refractivity contribution in [3.63, 3.8) is 0 Å². The Labute approximate surface area is 99.5 Å². The van der Waals surface area contributed by atoms with E-state index in [1.165, 1.54) is 6.20 Å². The Morgan fingerprint density at radius 1 is 1.53 bits per heavy atom. The monoisotopic (exact) mass is 236 g/mol. The number of aromatic nitrogens is 1. The van der Waals surface area contributed by atoms with E-state index in [4.69, 9.17) is 10.9 Å². The molecule has 0 saturated heterocycles. The molecule has 0 spiro atoms. The lowest BCUT2D eigenvalue weighted by atomic mass is 10.0. The Hall–Kier alpha value is -2.11. The maximum Gasteiger partial charge on any atom is 0.253 e. The fourth-order valence-electron chi connectivity index (χ4n) is 1.22. The number of pyridine rings is 1. The Kier molecular flexibility index (Phi) is 3.67. The van der Waals surface area contributed by atoms with Gasteiger partial charge in [-0.3, -0.25) is 9.78 Å². The molecule has 6 heteroatoms. The molecule has 0 atom stereocenters. The van der Waals surface area contributed by atoms with Crippen LogP contribution in [0.5, 0.6) is 0 Å².